The van der Waals surface area contributed by atoms with Crippen LogP contribution in [0.4, 0.5) is 5.69 Å². The number of carbonyl (C=O) groups excluding carboxylic acids is 1. The summed E-state index contributed by atoms with van der Waals surface area (Å²) in [6.07, 6.45) is 0. The lowest BCUT2D eigenvalue weighted by molar-refractivity contribution is -0.114. The minimum atomic E-state index is -0.0743. The van der Waals surface area contributed by atoms with Crippen LogP contribution in [0.1, 0.15) is 6.92 Å². The quantitative estimate of drug-likeness (QED) is 0.570. The van der Waals surface area contributed by atoms with E-state index in [1.165, 1.54) is 6.92 Å². The molecule has 0 atom stereocenters. The van der Waals surface area contributed by atoms with E-state index in [0.29, 0.717) is 5.46 Å². The Kier molecular flexibility index (Phi) is 2.31. The van der Waals surface area contributed by atoms with Gasteiger partial charge in [0.2, 0.25) is 5.91 Å². The Hall–Kier alpha value is -1.25. The molecule has 1 amide bonds. The third-order valence-corrected chi connectivity index (χ3v) is 1.23. The van der Waals surface area contributed by atoms with Gasteiger partial charge in [-0.2, -0.15) is 0 Å². The van der Waals surface area contributed by atoms with Crippen molar-refractivity contribution in [3.8, 4) is 0 Å². The van der Waals surface area contributed by atoms with Crippen molar-refractivity contribution in [2.24, 2.45) is 0 Å². The molecule has 0 aromatic heterocycles. The maximum absolute atomic E-state index is 10.6. The Labute approximate surface area is 67.0 Å². The normalized spacial score (nSPS) is 9.18. The van der Waals surface area contributed by atoms with Gasteiger partial charge in [0.05, 0.1) is 0 Å². The number of anilines is 1. The number of amides is 1. The molecule has 0 heterocycles. The lowest BCUT2D eigenvalue weighted by Gasteiger charge is -2.00. The number of hydrogen-bond acceptors (Lipinski definition) is 1. The van der Waals surface area contributed by atoms with Gasteiger partial charge in [-0.15, -0.1) is 0 Å². The van der Waals surface area contributed by atoms with Gasteiger partial charge in [-0.1, -0.05) is 17.6 Å². The first kappa shape index (κ1) is 7.86. The highest BCUT2D eigenvalue weighted by Gasteiger charge is 1.92. The number of nitrogens with one attached hydrogen (secondary N) is 1. The summed E-state index contributed by atoms with van der Waals surface area (Å²) in [7, 11) is 5.44. The minimum absolute atomic E-state index is 0.0743. The van der Waals surface area contributed by atoms with Crippen molar-refractivity contribution in [2.75, 3.05) is 5.32 Å². The zero-order valence-electron chi connectivity index (χ0n) is 6.29. The van der Waals surface area contributed by atoms with E-state index in [2.05, 4.69) is 5.32 Å². The third kappa shape index (κ3) is 2.46. The lowest BCUT2D eigenvalue weighted by atomic mass is 9.96. The molecule has 0 fully saturated rings. The summed E-state index contributed by atoms with van der Waals surface area (Å²) in [5, 5.41) is 2.64. The van der Waals surface area contributed by atoms with Crippen LogP contribution in [0.5, 0.6) is 0 Å². The number of benzene rings is 1. The summed E-state index contributed by atoms with van der Waals surface area (Å²) >= 11 is 0. The van der Waals surface area contributed by atoms with Crippen molar-refractivity contribution < 1.29 is 4.79 Å². The summed E-state index contributed by atoms with van der Waals surface area (Å²) in [4.78, 5) is 10.6. The maximum atomic E-state index is 10.6. The molecule has 0 saturated carbocycles. The SMILES string of the molecule is [B]c1ccc(NC(C)=O)cc1. The molecule has 0 bridgehead atoms. The van der Waals surface area contributed by atoms with E-state index in [4.69, 9.17) is 7.85 Å². The zero-order valence-corrected chi connectivity index (χ0v) is 6.29. The second-order valence-electron chi connectivity index (χ2n) is 2.30. The fourth-order valence-corrected chi connectivity index (χ4v) is 0.770. The van der Waals surface area contributed by atoms with Crippen LogP contribution < -0.4 is 10.8 Å². The van der Waals surface area contributed by atoms with Crippen LogP contribution >= 0.6 is 0 Å². The number of rotatable bonds is 1. The number of carbonyl (C=O) groups is 1. The van der Waals surface area contributed by atoms with Gasteiger partial charge in [-0.25, -0.2) is 0 Å². The molecule has 11 heavy (non-hydrogen) atoms. The van der Waals surface area contributed by atoms with Gasteiger partial charge < -0.3 is 5.32 Å². The van der Waals surface area contributed by atoms with Crippen LogP contribution in [0, 0.1) is 0 Å². The lowest BCUT2D eigenvalue weighted by Crippen LogP contribution is -2.07. The Bertz CT molecular complexity index is 255. The van der Waals surface area contributed by atoms with E-state index in [1.807, 2.05) is 0 Å². The third-order valence-electron chi connectivity index (χ3n) is 1.23. The summed E-state index contributed by atoms with van der Waals surface area (Å²) in [5.41, 5.74) is 1.46. The molecule has 0 aliphatic carbocycles. The molecule has 0 saturated heterocycles. The molecule has 54 valence electrons. The first-order chi connectivity index (χ1) is 5.18. The molecule has 1 aromatic carbocycles. The highest BCUT2D eigenvalue weighted by Crippen LogP contribution is 2.02. The highest BCUT2D eigenvalue weighted by molar-refractivity contribution is 6.32. The van der Waals surface area contributed by atoms with Crippen LogP contribution in [-0.4, -0.2) is 13.8 Å². The first-order valence-electron chi connectivity index (χ1n) is 3.31. The fraction of sp³-hybridized carbons (Fsp3) is 0.125. The van der Waals surface area contributed by atoms with Crippen LogP contribution in [0.2, 0.25) is 0 Å². The van der Waals surface area contributed by atoms with Gasteiger partial charge in [0.1, 0.15) is 7.85 Å². The summed E-state index contributed by atoms with van der Waals surface area (Å²) in [6, 6.07) is 7.00. The average molecular weight is 145 g/mol. The average Bonchev–Trinajstić information content (AvgIpc) is 1.93. The molecule has 3 heteroatoms. The Balaban J connectivity index is 2.74. The zero-order chi connectivity index (χ0) is 8.27. The molecular weight excluding hydrogens is 137 g/mol. The van der Waals surface area contributed by atoms with Gasteiger partial charge in [-0.3, -0.25) is 4.79 Å². The van der Waals surface area contributed by atoms with Crippen molar-refractivity contribution >= 4 is 24.9 Å². The smallest absolute Gasteiger partial charge is 0.221 e. The summed E-state index contributed by atoms with van der Waals surface area (Å²) in [5.74, 6) is -0.0743. The molecule has 0 spiro atoms. The van der Waals surface area contributed by atoms with Crippen LogP contribution in [0.15, 0.2) is 24.3 Å². The second-order valence-corrected chi connectivity index (χ2v) is 2.30. The van der Waals surface area contributed by atoms with Crippen LogP contribution in [0.3, 0.4) is 0 Å². The topological polar surface area (TPSA) is 29.1 Å². The molecule has 0 aliphatic heterocycles. The molecule has 2 nitrogen and oxygen atoms in total. The van der Waals surface area contributed by atoms with Crippen LogP contribution in [-0.2, 0) is 4.79 Å². The predicted octanol–water partition coefficient (Wildman–Crippen LogP) is 0.439. The van der Waals surface area contributed by atoms with E-state index >= 15 is 0 Å². The fourth-order valence-electron chi connectivity index (χ4n) is 0.770. The standard InChI is InChI=1S/C8H8BNO/c1-6(11)10-8-4-2-7(9)3-5-8/h2-5H,1H3,(H,10,11). The van der Waals surface area contributed by atoms with Crippen molar-refractivity contribution in [2.45, 2.75) is 6.92 Å². The molecule has 1 N–H and O–H groups in total. The molecule has 2 radical (unpaired) electrons. The Morgan fingerprint density at radius 1 is 1.36 bits per heavy atom. The van der Waals surface area contributed by atoms with Crippen molar-refractivity contribution in [3.63, 3.8) is 0 Å². The Morgan fingerprint density at radius 3 is 2.36 bits per heavy atom. The maximum Gasteiger partial charge on any atom is 0.221 e. The molecule has 0 aliphatic rings. The summed E-state index contributed by atoms with van der Waals surface area (Å²) in [6.45, 7) is 1.47. The summed E-state index contributed by atoms with van der Waals surface area (Å²) < 4.78 is 0. The van der Waals surface area contributed by atoms with Crippen molar-refractivity contribution in [1.29, 1.82) is 0 Å². The van der Waals surface area contributed by atoms with Gasteiger partial charge in [0, 0.05) is 12.6 Å². The first-order valence-corrected chi connectivity index (χ1v) is 3.31. The van der Waals surface area contributed by atoms with E-state index < -0.39 is 0 Å². The molecule has 0 unspecified atom stereocenters. The van der Waals surface area contributed by atoms with E-state index in [9.17, 15) is 4.79 Å². The van der Waals surface area contributed by atoms with Gasteiger partial charge in [0.15, 0.2) is 0 Å². The number of hydrogen-bond donors (Lipinski definition) is 1. The van der Waals surface area contributed by atoms with Crippen molar-refractivity contribution in [3.05, 3.63) is 24.3 Å². The Morgan fingerprint density at radius 2 is 1.91 bits per heavy atom. The van der Waals surface area contributed by atoms with Gasteiger partial charge in [0.25, 0.3) is 0 Å². The van der Waals surface area contributed by atoms with Gasteiger partial charge >= 0.3 is 0 Å². The van der Waals surface area contributed by atoms with E-state index in [-0.39, 0.29) is 5.91 Å². The molecular formula is C8H8BNO. The second kappa shape index (κ2) is 3.24. The largest absolute Gasteiger partial charge is 0.326 e. The van der Waals surface area contributed by atoms with E-state index in [1.54, 1.807) is 24.3 Å². The predicted molar refractivity (Wildman–Crippen MR) is 46.1 cm³/mol. The molecule has 1 rings (SSSR count). The van der Waals surface area contributed by atoms with E-state index in [0.717, 1.165) is 5.69 Å². The van der Waals surface area contributed by atoms with Gasteiger partial charge in [-0.05, 0) is 12.1 Å². The monoisotopic (exact) mass is 145 g/mol. The minimum Gasteiger partial charge on any atom is -0.326 e. The molecule has 1 aromatic rings. The van der Waals surface area contributed by atoms with Crippen molar-refractivity contribution in [1.82, 2.24) is 0 Å². The van der Waals surface area contributed by atoms with Crippen LogP contribution in [0.25, 0.3) is 0 Å². The highest BCUT2D eigenvalue weighted by atomic mass is 16.1.